The molecule has 2 rings (SSSR count). The lowest BCUT2D eigenvalue weighted by atomic mass is 10.3. The van der Waals surface area contributed by atoms with Crippen LogP contribution in [0.4, 0.5) is 17.3 Å². The number of hydrogen-bond donors (Lipinski definition) is 0. The minimum atomic E-state index is -0.301. The second-order valence-corrected chi connectivity index (χ2v) is 3.73. The van der Waals surface area contributed by atoms with Crippen LogP contribution in [0.3, 0.4) is 0 Å². The van der Waals surface area contributed by atoms with Gasteiger partial charge in [0.15, 0.2) is 12.9 Å². The van der Waals surface area contributed by atoms with Crippen molar-refractivity contribution in [3.8, 4) is 0 Å². The van der Waals surface area contributed by atoms with Gasteiger partial charge in [-0.25, -0.2) is 19.7 Å². The van der Waals surface area contributed by atoms with Gasteiger partial charge in [-0.15, -0.1) is 0 Å². The number of anilines is 2. The summed E-state index contributed by atoms with van der Waals surface area (Å²) in [5.41, 5.74) is 0.215. The maximum Gasteiger partial charge on any atom is 0.322 e. The first-order valence-corrected chi connectivity index (χ1v) is 5.67. The van der Waals surface area contributed by atoms with Gasteiger partial charge in [0, 0.05) is 31.6 Å². The summed E-state index contributed by atoms with van der Waals surface area (Å²) < 4.78 is 0. The molecule has 0 aliphatic carbocycles. The molecule has 2 aromatic heterocycles. The fourth-order valence-electron chi connectivity index (χ4n) is 1.60. The summed E-state index contributed by atoms with van der Waals surface area (Å²) in [7, 11) is 1.25. The molecule has 0 N–H and O–H groups in total. The largest absolute Gasteiger partial charge is 0.322 e. The highest BCUT2D eigenvalue weighted by Crippen LogP contribution is 2.24. The minimum absolute atomic E-state index is 0.215. The molecule has 8 heteroatoms. The van der Waals surface area contributed by atoms with Crippen LogP contribution < -0.4 is 4.90 Å². The summed E-state index contributed by atoms with van der Waals surface area (Å²) in [6, 6.07) is 2.89. The van der Waals surface area contributed by atoms with Gasteiger partial charge in [-0.05, 0) is 0 Å². The zero-order valence-electron chi connectivity index (χ0n) is 10.9. The third-order valence-corrected chi connectivity index (χ3v) is 2.43. The molecule has 0 saturated carbocycles. The van der Waals surface area contributed by atoms with E-state index < -0.39 is 0 Å². The highest BCUT2D eigenvalue weighted by molar-refractivity contribution is 5.97. The van der Waals surface area contributed by atoms with Crippen LogP contribution in [0, 0.1) is 4.91 Å². The molecule has 0 aliphatic rings. The number of pyridine rings is 1. The molecule has 0 saturated heterocycles. The molecule has 2 aromatic rings. The molecule has 0 atom stereocenters. The lowest BCUT2D eigenvalue weighted by Crippen LogP contribution is -2.24. The Balaban J connectivity index is 2.46. The number of hydrogen-bond acceptors (Lipinski definition) is 6. The van der Waals surface area contributed by atoms with E-state index in [2.05, 4.69) is 19.8 Å². The van der Waals surface area contributed by atoms with E-state index in [1.54, 1.807) is 0 Å². The third kappa shape index (κ3) is 2.74. The molecular weight excluding hydrogens is 262 g/mol. The monoisotopic (exact) mass is 274 g/mol. The van der Waals surface area contributed by atoms with Gasteiger partial charge < -0.3 is 0 Å². The van der Waals surface area contributed by atoms with Crippen molar-refractivity contribution in [1.82, 2.24) is 15.0 Å². The third-order valence-electron chi connectivity index (χ3n) is 2.43. The summed E-state index contributed by atoms with van der Waals surface area (Å²) >= 11 is 0. The van der Waals surface area contributed by atoms with Crippen molar-refractivity contribution >= 4 is 23.2 Å². The average Bonchev–Trinajstić information content (AvgIpc) is 2.47. The van der Waals surface area contributed by atoms with Crippen LogP contribution >= 0.6 is 0 Å². The van der Waals surface area contributed by atoms with E-state index in [4.69, 9.17) is 0 Å². The van der Waals surface area contributed by atoms with Crippen LogP contribution in [0.15, 0.2) is 36.9 Å². The van der Waals surface area contributed by atoms with Gasteiger partial charge in [-0.2, -0.15) is 0 Å². The number of aromatic nitrogens is 3. The Morgan fingerprint density at radius 3 is 2.60 bits per heavy atom. The van der Waals surface area contributed by atoms with E-state index in [1.807, 2.05) is 0 Å². The van der Waals surface area contributed by atoms with E-state index in [0.29, 0.717) is 10.7 Å². The van der Waals surface area contributed by atoms with E-state index in [-0.39, 0.29) is 17.4 Å². The van der Waals surface area contributed by atoms with Crippen LogP contribution in [0.1, 0.15) is 6.92 Å². The van der Waals surface area contributed by atoms with E-state index >= 15 is 0 Å². The Morgan fingerprint density at radius 1 is 1.25 bits per heavy atom. The number of amides is 1. The first kappa shape index (κ1) is 13.5. The van der Waals surface area contributed by atoms with Crippen LogP contribution in [0.2, 0.25) is 0 Å². The van der Waals surface area contributed by atoms with Gasteiger partial charge >= 0.3 is 5.69 Å². The Labute approximate surface area is 114 Å². The van der Waals surface area contributed by atoms with Crippen molar-refractivity contribution in [2.24, 2.45) is 0 Å². The van der Waals surface area contributed by atoms with Crippen molar-refractivity contribution in [2.45, 2.75) is 6.92 Å². The maximum atomic E-state index is 11.8. The van der Waals surface area contributed by atoms with Crippen LogP contribution in [0.5, 0.6) is 0 Å². The zero-order valence-corrected chi connectivity index (χ0v) is 10.9. The zero-order chi connectivity index (χ0) is 14.5. The lowest BCUT2D eigenvalue weighted by molar-refractivity contribution is -0.736. The highest BCUT2D eigenvalue weighted by Gasteiger charge is 2.22. The first-order valence-electron chi connectivity index (χ1n) is 5.67. The molecule has 1 amide bonds. The summed E-state index contributed by atoms with van der Waals surface area (Å²) in [5, 5.41) is 0. The molecule has 8 nitrogen and oxygen atoms in total. The van der Waals surface area contributed by atoms with Crippen LogP contribution in [0.25, 0.3) is 0 Å². The Kier molecular flexibility index (Phi) is 3.94. The van der Waals surface area contributed by atoms with Crippen molar-refractivity contribution in [3.63, 3.8) is 0 Å². The van der Waals surface area contributed by atoms with Gasteiger partial charge in [0.2, 0.25) is 5.91 Å². The number of carbonyl (C=O) groups is 1. The molecule has 20 heavy (non-hydrogen) atoms. The predicted octanol–water partition coefficient (Wildman–Crippen LogP) is 1.53. The second kappa shape index (κ2) is 5.83. The summed E-state index contributed by atoms with van der Waals surface area (Å²) in [5.74, 6) is 0.276. The quantitative estimate of drug-likeness (QED) is 0.785. The lowest BCUT2D eigenvalue weighted by Gasteiger charge is -2.17. The predicted molar refractivity (Wildman–Crippen MR) is 69.4 cm³/mol. The first-order chi connectivity index (χ1) is 9.63. The fourth-order valence-corrected chi connectivity index (χ4v) is 1.60. The Morgan fingerprint density at radius 2 is 2.00 bits per heavy atom. The van der Waals surface area contributed by atoms with Gasteiger partial charge in [-0.3, -0.25) is 9.78 Å². The van der Waals surface area contributed by atoms with Crippen molar-refractivity contribution in [3.05, 3.63) is 41.8 Å². The van der Waals surface area contributed by atoms with Gasteiger partial charge in [0.05, 0.1) is 17.2 Å². The standard InChI is InChI=1S/C12H12N5O3/c1-9(18)16(12-8-13-5-6-15-12)11-7-10(3-4-14-11)17(19)20-2/h3-8H,1-2H3/q+1. The Hall–Kier alpha value is -2.90. The summed E-state index contributed by atoms with van der Waals surface area (Å²) in [4.78, 5) is 41.4. The van der Waals surface area contributed by atoms with Crippen LogP contribution in [-0.2, 0) is 9.63 Å². The fraction of sp³-hybridized carbons (Fsp3) is 0.167. The summed E-state index contributed by atoms with van der Waals surface area (Å²) in [6.07, 6.45) is 5.79. The van der Waals surface area contributed by atoms with Gasteiger partial charge in [0.1, 0.15) is 5.82 Å². The topological polar surface area (TPSA) is 88.3 Å². The highest BCUT2D eigenvalue weighted by atomic mass is 16.8. The van der Waals surface area contributed by atoms with Crippen molar-refractivity contribution < 1.29 is 14.6 Å². The smallest absolute Gasteiger partial charge is 0.274 e. The normalized spacial score (nSPS) is 9.90. The van der Waals surface area contributed by atoms with E-state index in [0.717, 1.165) is 0 Å². The SMILES string of the molecule is CO[N+](=O)c1ccnc(N(C(C)=O)c2cnccn2)c1. The minimum Gasteiger partial charge on any atom is -0.274 e. The number of nitrogens with zero attached hydrogens (tertiary/aromatic N) is 5. The van der Waals surface area contributed by atoms with E-state index in [1.165, 1.54) is 55.9 Å². The molecule has 0 radical (unpaired) electrons. The molecule has 0 aliphatic heterocycles. The molecule has 0 fully saturated rings. The van der Waals surface area contributed by atoms with E-state index in [9.17, 15) is 9.70 Å². The molecule has 102 valence electrons. The van der Waals surface area contributed by atoms with Crippen LogP contribution in [-0.4, -0.2) is 32.9 Å². The maximum absolute atomic E-state index is 11.8. The van der Waals surface area contributed by atoms with Gasteiger partial charge in [-0.1, -0.05) is 0 Å². The summed E-state index contributed by atoms with van der Waals surface area (Å²) in [6.45, 7) is 1.37. The van der Waals surface area contributed by atoms with Crippen molar-refractivity contribution in [1.29, 1.82) is 0 Å². The number of rotatable bonds is 4. The molecular formula is C12H12N5O3+. The molecule has 0 spiro atoms. The van der Waals surface area contributed by atoms with Crippen molar-refractivity contribution in [2.75, 3.05) is 12.0 Å². The molecule has 2 heterocycles. The van der Waals surface area contributed by atoms with Gasteiger partial charge in [0.25, 0.3) is 4.92 Å². The second-order valence-electron chi connectivity index (χ2n) is 3.73. The average molecular weight is 274 g/mol. The number of carbonyl (C=O) groups excluding carboxylic acids is 1. The molecule has 0 unspecified atom stereocenters. The molecule has 0 bridgehead atoms. The molecule has 0 aromatic carbocycles. The Bertz CT molecular complexity index is 632.